The van der Waals surface area contributed by atoms with Crippen molar-refractivity contribution < 1.29 is 9.18 Å². The zero-order valence-electron chi connectivity index (χ0n) is 12.7. The lowest BCUT2D eigenvalue weighted by molar-refractivity contribution is -0.130. The summed E-state index contributed by atoms with van der Waals surface area (Å²) in [7, 11) is 1.88. The maximum Gasteiger partial charge on any atom is 0.232 e. The van der Waals surface area contributed by atoms with Crippen LogP contribution in [-0.2, 0) is 11.3 Å². The van der Waals surface area contributed by atoms with Gasteiger partial charge in [-0.3, -0.25) is 9.69 Å². The van der Waals surface area contributed by atoms with Crippen LogP contribution in [0.1, 0.15) is 18.4 Å². The van der Waals surface area contributed by atoms with Crippen LogP contribution in [0.15, 0.2) is 24.3 Å². The van der Waals surface area contributed by atoms with Crippen LogP contribution in [0.3, 0.4) is 0 Å². The standard InChI is InChI=1S/C16H23FN2OS/c1-18(16(20)12-21-2)14-7-5-9-19(11-14)10-13-6-3-4-8-15(13)17/h3-4,6,8,14H,5,7,9-12H2,1-2H3/t14-/m1/s1. The molecule has 5 heteroatoms. The summed E-state index contributed by atoms with van der Waals surface area (Å²) in [4.78, 5) is 16.1. The normalized spacial score (nSPS) is 19.5. The second-order valence-corrected chi connectivity index (χ2v) is 6.43. The molecule has 1 aromatic carbocycles. The van der Waals surface area contributed by atoms with Gasteiger partial charge in [0.2, 0.25) is 5.91 Å². The third kappa shape index (κ3) is 4.45. The molecule has 0 radical (unpaired) electrons. The number of hydrogen-bond donors (Lipinski definition) is 0. The van der Waals surface area contributed by atoms with Crippen molar-refractivity contribution in [1.82, 2.24) is 9.80 Å². The Labute approximate surface area is 130 Å². The number of carbonyl (C=O) groups is 1. The van der Waals surface area contributed by atoms with Crippen LogP contribution in [0.2, 0.25) is 0 Å². The molecular weight excluding hydrogens is 287 g/mol. The van der Waals surface area contributed by atoms with E-state index < -0.39 is 0 Å². The fourth-order valence-electron chi connectivity index (χ4n) is 2.79. The minimum Gasteiger partial charge on any atom is -0.341 e. The van der Waals surface area contributed by atoms with Gasteiger partial charge in [0.05, 0.1) is 5.75 Å². The van der Waals surface area contributed by atoms with Gasteiger partial charge >= 0.3 is 0 Å². The van der Waals surface area contributed by atoms with Gasteiger partial charge in [0.1, 0.15) is 5.82 Å². The molecule has 0 saturated carbocycles. The number of halogens is 1. The summed E-state index contributed by atoms with van der Waals surface area (Å²) >= 11 is 1.55. The molecule has 116 valence electrons. The Morgan fingerprint density at radius 1 is 1.48 bits per heavy atom. The van der Waals surface area contributed by atoms with Crippen molar-refractivity contribution in [1.29, 1.82) is 0 Å². The van der Waals surface area contributed by atoms with Crippen molar-refractivity contribution in [2.24, 2.45) is 0 Å². The van der Waals surface area contributed by atoms with Crippen LogP contribution in [0.25, 0.3) is 0 Å². The number of amides is 1. The Morgan fingerprint density at radius 3 is 2.95 bits per heavy atom. The van der Waals surface area contributed by atoms with Crippen molar-refractivity contribution in [2.45, 2.75) is 25.4 Å². The highest BCUT2D eigenvalue weighted by molar-refractivity contribution is 7.99. The van der Waals surface area contributed by atoms with E-state index in [9.17, 15) is 9.18 Å². The SMILES string of the molecule is CSCC(=O)N(C)[C@@H]1CCCN(Cc2ccccc2F)C1. The van der Waals surface area contributed by atoms with Crippen LogP contribution in [0.4, 0.5) is 4.39 Å². The van der Waals surface area contributed by atoms with E-state index in [1.54, 1.807) is 17.8 Å². The van der Waals surface area contributed by atoms with Gasteiger partial charge in [-0.1, -0.05) is 18.2 Å². The molecule has 1 fully saturated rings. The van der Waals surface area contributed by atoms with Crippen LogP contribution in [-0.4, -0.2) is 53.9 Å². The summed E-state index contributed by atoms with van der Waals surface area (Å²) in [6.45, 7) is 2.41. The minimum absolute atomic E-state index is 0.147. The van der Waals surface area contributed by atoms with Crippen molar-refractivity contribution in [2.75, 3.05) is 32.1 Å². The van der Waals surface area contributed by atoms with E-state index in [-0.39, 0.29) is 17.8 Å². The van der Waals surface area contributed by atoms with E-state index in [1.165, 1.54) is 6.07 Å². The Kier molecular flexibility index (Phi) is 6.06. The second kappa shape index (κ2) is 7.80. The molecule has 0 spiro atoms. The van der Waals surface area contributed by atoms with Crippen LogP contribution in [0, 0.1) is 5.82 Å². The van der Waals surface area contributed by atoms with Crippen LogP contribution < -0.4 is 0 Å². The predicted octanol–water partition coefficient (Wildman–Crippen LogP) is 2.61. The summed E-state index contributed by atoms with van der Waals surface area (Å²) in [6.07, 6.45) is 4.03. The number of likely N-dealkylation sites (N-methyl/N-ethyl adjacent to an activating group) is 1. The zero-order valence-corrected chi connectivity index (χ0v) is 13.5. The highest BCUT2D eigenvalue weighted by Crippen LogP contribution is 2.19. The molecule has 2 rings (SSSR count). The summed E-state index contributed by atoms with van der Waals surface area (Å²) in [6, 6.07) is 7.16. The van der Waals surface area contributed by atoms with Gasteiger partial charge in [0, 0.05) is 31.7 Å². The highest BCUT2D eigenvalue weighted by atomic mass is 32.2. The second-order valence-electron chi connectivity index (χ2n) is 5.56. The molecule has 0 aromatic heterocycles. The molecule has 3 nitrogen and oxygen atoms in total. The first-order chi connectivity index (χ1) is 10.1. The average molecular weight is 310 g/mol. The maximum atomic E-state index is 13.7. The maximum absolute atomic E-state index is 13.7. The lowest BCUT2D eigenvalue weighted by atomic mass is 10.0. The molecule has 1 aliphatic heterocycles. The molecule has 1 amide bonds. The fraction of sp³-hybridized carbons (Fsp3) is 0.562. The molecule has 1 aromatic rings. The number of thioether (sulfide) groups is 1. The van der Waals surface area contributed by atoms with Crippen LogP contribution in [0.5, 0.6) is 0 Å². The third-order valence-corrected chi connectivity index (χ3v) is 4.58. The predicted molar refractivity (Wildman–Crippen MR) is 85.9 cm³/mol. The molecular formula is C16H23FN2OS. The highest BCUT2D eigenvalue weighted by Gasteiger charge is 2.26. The molecule has 0 N–H and O–H groups in total. The smallest absolute Gasteiger partial charge is 0.232 e. The van der Waals surface area contributed by atoms with E-state index in [0.717, 1.165) is 31.5 Å². The van der Waals surface area contributed by atoms with E-state index in [1.807, 2.05) is 30.3 Å². The molecule has 1 saturated heterocycles. The van der Waals surface area contributed by atoms with Gasteiger partial charge in [-0.15, -0.1) is 0 Å². The lowest BCUT2D eigenvalue weighted by Gasteiger charge is -2.37. The van der Waals surface area contributed by atoms with Gasteiger partial charge in [-0.2, -0.15) is 11.8 Å². The Morgan fingerprint density at radius 2 is 2.24 bits per heavy atom. The lowest BCUT2D eigenvalue weighted by Crippen LogP contribution is -2.48. The van der Waals surface area contributed by atoms with Gasteiger partial charge in [0.15, 0.2) is 0 Å². The molecule has 0 unspecified atom stereocenters. The summed E-state index contributed by atoms with van der Waals surface area (Å²) in [5.74, 6) is 0.562. The zero-order chi connectivity index (χ0) is 15.2. The molecule has 0 bridgehead atoms. The number of likely N-dealkylation sites (tertiary alicyclic amines) is 1. The van der Waals surface area contributed by atoms with Gasteiger partial charge in [0.25, 0.3) is 0 Å². The minimum atomic E-state index is -0.147. The Bertz CT molecular complexity index is 483. The van der Waals surface area contributed by atoms with Crippen molar-refractivity contribution in [3.8, 4) is 0 Å². The van der Waals surface area contributed by atoms with Crippen LogP contribution >= 0.6 is 11.8 Å². The van der Waals surface area contributed by atoms with Gasteiger partial charge < -0.3 is 4.90 Å². The first-order valence-electron chi connectivity index (χ1n) is 7.32. The summed E-state index contributed by atoms with van der Waals surface area (Å²) in [5.41, 5.74) is 0.733. The fourth-order valence-corrected chi connectivity index (χ4v) is 3.24. The molecule has 1 heterocycles. The number of nitrogens with zero attached hydrogens (tertiary/aromatic N) is 2. The number of carbonyl (C=O) groups excluding carboxylic acids is 1. The largest absolute Gasteiger partial charge is 0.341 e. The number of piperidine rings is 1. The average Bonchev–Trinajstić information content (AvgIpc) is 2.49. The monoisotopic (exact) mass is 310 g/mol. The van der Waals surface area contributed by atoms with E-state index in [2.05, 4.69) is 4.90 Å². The van der Waals surface area contributed by atoms with Crippen molar-refractivity contribution in [3.63, 3.8) is 0 Å². The van der Waals surface area contributed by atoms with E-state index in [4.69, 9.17) is 0 Å². The van der Waals surface area contributed by atoms with E-state index in [0.29, 0.717) is 12.3 Å². The first-order valence-corrected chi connectivity index (χ1v) is 8.71. The van der Waals surface area contributed by atoms with Gasteiger partial charge in [-0.25, -0.2) is 4.39 Å². The molecule has 1 atom stereocenters. The molecule has 21 heavy (non-hydrogen) atoms. The van der Waals surface area contributed by atoms with Crippen molar-refractivity contribution >= 4 is 17.7 Å². The van der Waals surface area contributed by atoms with E-state index >= 15 is 0 Å². The van der Waals surface area contributed by atoms with Gasteiger partial charge in [-0.05, 0) is 31.7 Å². The van der Waals surface area contributed by atoms with Crippen molar-refractivity contribution in [3.05, 3.63) is 35.6 Å². The summed E-state index contributed by atoms with van der Waals surface area (Å²) in [5, 5.41) is 0. The number of hydrogen-bond acceptors (Lipinski definition) is 3. The Balaban J connectivity index is 1.94. The number of benzene rings is 1. The molecule has 1 aliphatic rings. The topological polar surface area (TPSA) is 23.6 Å². The Hall–Kier alpha value is -1.07. The quantitative estimate of drug-likeness (QED) is 0.835. The molecule has 0 aliphatic carbocycles. The summed E-state index contributed by atoms with van der Waals surface area (Å²) < 4.78 is 13.7. The first kappa shape index (κ1) is 16.3. The third-order valence-electron chi connectivity index (χ3n) is 4.04. The number of rotatable bonds is 5.